The van der Waals surface area contributed by atoms with Gasteiger partial charge >= 0.3 is 0 Å². The summed E-state index contributed by atoms with van der Waals surface area (Å²) in [4.78, 5) is 11.0. The summed E-state index contributed by atoms with van der Waals surface area (Å²) in [5.74, 6) is 2.40. The van der Waals surface area contributed by atoms with Crippen LogP contribution in [0.15, 0.2) is 18.2 Å². The maximum atomic E-state index is 6.07. The Morgan fingerprint density at radius 2 is 2.04 bits per heavy atom. The molecule has 0 spiro atoms. The molecule has 1 saturated carbocycles. The number of aryl methyl sites for hydroxylation is 1. The molecule has 0 radical (unpaired) electrons. The molecule has 1 aliphatic rings. The quantitative estimate of drug-likeness (QED) is 0.640. The second-order valence-corrected chi connectivity index (χ2v) is 7.27. The van der Waals surface area contributed by atoms with E-state index >= 15 is 0 Å². The smallest absolute Gasteiger partial charge is 0.222 e. The number of nitrogens with two attached hydrogens (primary N) is 1. The number of nitrogen functional groups attached to an aromatic ring is 1. The lowest BCUT2D eigenvalue weighted by atomic mass is 9.92. The fraction of sp³-hybridized carbons (Fsp3) is 0.524. The van der Waals surface area contributed by atoms with Crippen LogP contribution >= 0.6 is 0 Å². The van der Waals surface area contributed by atoms with Crippen molar-refractivity contribution in [1.29, 1.82) is 0 Å². The molecule has 0 unspecified atom stereocenters. The summed E-state index contributed by atoms with van der Waals surface area (Å²) < 4.78 is 11.6. The van der Waals surface area contributed by atoms with Crippen LogP contribution in [0.3, 0.4) is 0 Å². The second kappa shape index (κ2) is 9.10. The lowest BCUT2D eigenvalue weighted by molar-refractivity contribution is 0.148. The van der Waals surface area contributed by atoms with Crippen LogP contribution in [0.5, 0.6) is 11.5 Å². The van der Waals surface area contributed by atoms with Crippen molar-refractivity contribution in [2.45, 2.75) is 38.6 Å². The van der Waals surface area contributed by atoms with E-state index in [9.17, 15) is 0 Å². The molecule has 1 aromatic carbocycles. The van der Waals surface area contributed by atoms with Crippen LogP contribution in [0, 0.1) is 6.92 Å². The fourth-order valence-electron chi connectivity index (χ4n) is 3.57. The van der Waals surface area contributed by atoms with Gasteiger partial charge in [-0.2, -0.15) is 4.98 Å². The SMILES string of the molecule is CNc1nc(N)nc(C)c1-c1ccc(OC)c(OCCCN(C)C2CCC2)c1. The van der Waals surface area contributed by atoms with Gasteiger partial charge in [0.15, 0.2) is 11.5 Å². The van der Waals surface area contributed by atoms with E-state index in [1.54, 1.807) is 7.11 Å². The van der Waals surface area contributed by atoms with Crippen LogP contribution in [0.2, 0.25) is 0 Å². The number of aromatic nitrogens is 2. The molecule has 7 nitrogen and oxygen atoms in total. The van der Waals surface area contributed by atoms with Gasteiger partial charge in [-0.1, -0.05) is 12.5 Å². The lowest BCUT2D eigenvalue weighted by Gasteiger charge is -2.34. The third kappa shape index (κ3) is 4.47. The molecule has 7 heteroatoms. The second-order valence-electron chi connectivity index (χ2n) is 7.27. The molecule has 2 aromatic rings. The predicted octanol–water partition coefficient (Wildman–Crippen LogP) is 3.34. The van der Waals surface area contributed by atoms with E-state index in [-0.39, 0.29) is 5.95 Å². The minimum Gasteiger partial charge on any atom is -0.493 e. The van der Waals surface area contributed by atoms with Crippen LogP contribution in [0.4, 0.5) is 11.8 Å². The topological polar surface area (TPSA) is 85.5 Å². The Hall–Kier alpha value is -2.54. The van der Waals surface area contributed by atoms with E-state index < -0.39 is 0 Å². The molecule has 0 atom stereocenters. The van der Waals surface area contributed by atoms with E-state index in [2.05, 4.69) is 27.2 Å². The Morgan fingerprint density at radius 3 is 2.68 bits per heavy atom. The molecule has 0 saturated heterocycles. The number of nitrogens with one attached hydrogen (secondary N) is 1. The van der Waals surface area contributed by atoms with E-state index in [0.717, 1.165) is 47.3 Å². The minimum atomic E-state index is 0.256. The zero-order chi connectivity index (χ0) is 20.1. The van der Waals surface area contributed by atoms with Crippen LogP contribution in [-0.2, 0) is 0 Å². The summed E-state index contributed by atoms with van der Waals surface area (Å²) in [6, 6.07) is 6.64. The Kier molecular flexibility index (Phi) is 6.57. The summed E-state index contributed by atoms with van der Waals surface area (Å²) in [6.45, 7) is 3.61. The molecular formula is C21H31N5O2. The van der Waals surface area contributed by atoms with Gasteiger partial charge in [-0.15, -0.1) is 0 Å². The number of anilines is 2. The number of ether oxygens (including phenoxy) is 2. The predicted molar refractivity (Wildman–Crippen MR) is 113 cm³/mol. The van der Waals surface area contributed by atoms with Crippen molar-refractivity contribution in [2.24, 2.45) is 0 Å². The van der Waals surface area contributed by atoms with Crippen molar-refractivity contribution in [3.05, 3.63) is 23.9 Å². The Morgan fingerprint density at radius 1 is 1.25 bits per heavy atom. The molecular weight excluding hydrogens is 354 g/mol. The van der Waals surface area contributed by atoms with Crippen molar-refractivity contribution in [1.82, 2.24) is 14.9 Å². The lowest BCUT2D eigenvalue weighted by Crippen LogP contribution is -2.38. The van der Waals surface area contributed by atoms with Crippen molar-refractivity contribution < 1.29 is 9.47 Å². The van der Waals surface area contributed by atoms with E-state index in [0.29, 0.717) is 12.4 Å². The molecule has 0 amide bonds. The molecule has 3 rings (SSSR count). The first kappa shape index (κ1) is 20.2. The van der Waals surface area contributed by atoms with E-state index in [1.807, 2.05) is 32.2 Å². The third-order valence-electron chi connectivity index (χ3n) is 5.41. The summed E-state index contributed by atoms with van der Waals surface area (Å²) in [6.07, 6.45) is 4.98. The monoisotopic (exact) mass is 385 g/mol. The third-order valence-corrected chi connectivity index (χ3v) is 5.41. The van der Waals surface area contributed by atoms with Crippen molar-refractivity contribution in [3.63, 3.8) is 0 Å². The van der Waals surface area contributed by atoms with Crippen LogP contribution in [0.25, 0.3) is 11.1 Å². The molecule has 152 valence electrons. The molecule has 0 aliphatic heterocycles. The summed E-state index contributed by atoms with van der Waals surface area (Å²) in [7, 11) is 5.68. The Balaban J connectivity index is 1.73. The highest BCUT2D eigenvalue weighted by Crippen LogP contribution is 2.36. The summed E-state index contributed by atoms with van der Waals surface area (Å²) in [5, 5.41) is 3.10. The zero-order valence-electron chi connectivity index (χ0n) is 17.3. The average molecular weight is 386 g/mol. The molecule has 1 aromatic heterocycles. The van der Waals surface area contributed by atoms with E-state index in [1.165, 1.54) is 19.3 Å². The molecule has 0 bridgehead atoms. The van der Waals surface area contributed by atoms with Gasteiger partial charge in [-0.3, -0.25) is 0 Å². The van der Waals surface area contributed by atoms with Gasteiger partial charge in [-0.25, -0.2) is 4.98 Å². The van der Waals surface area contributed by atoms with Gasteiger partial charge in [0.2, 0.25) is 5.95 Å². The number of nitrogens with zero attached hydrogens (tertiary/aromatic N) is 3. The maximum Gasteiger partial charge on any atom is 0.222 e. The molecule has 1 heterocycles. The van der Waals surface area contributed by atoms with Crippen LogP contribution in [0.1, 0.15) is 31.4 Å². The maximum absolute atomic E-state index is 6.07. The fourth-order valence-corrected chi connectivity index (χ4v) is 3.57. The van der Waals surface area contributed by atoms with E-state index in [4.69, 9.17) is 15.2 Å². The van der Waals surface area contributed by atoms with Crippen LogP contribution in [-0.4, -0.2) is 55.3 Å². The summed E-state index contributed by atoms with van der Waals surface area (Å²) in [5.41, 5.74) is 8.48. The van der Waals surface area contributed by atoms with Gasteiger partial charge < -0.3 is 25.4 Å². The molecule has 1 aliphatic carbocycles. The van der Waals surface area contributed by atoms with Gasteiger partial charge in [-0.05, 0) is 50.9 Å². The molecule has 28 heavy (non-hydrogen) atoms. The van der Waals surface area contributed by atoms with Crippen molar-refractivity contribution in [2.75, 3.05) is 45.4 Å². The van der Waals surface area contributed by atoms with Gasteiger partial charge in [0.05, 0.1) is 19.4 Å². The molecule has 3 N–H and O–H groups in total. The zero-order valence-corrected chi connectivity index (χ0v) is 17.3. The first-order valence-corrected chi connectivity index (χ1v) is 9.86. The standard InChI is InChI=1S/C21H31N5O2/c1-14-19(20(23-2)25-21(22)24-14)15-9-10-17(27-4)18(13-15)28-12-6-11-26(3)16-7-5-8-16/h9-10,13,16H,5-8,11-12H2,1-4H3,(H3,22,23,24,25). The highest BCUT2D eigenvalue weighted by Gasteiger charge is 2.21. The number of hydrogen-bond acceptors (Lipinski definition) is 7. The first-order chi connectivity index (χ1) is 13.5. The largest absolute Gasteiger partial charge is 0.493 e. The highest BCUT2D eigenvalue weighted by atomic mass is 16.5. The molecule has 1 fully saturated rings. The number of methoxy groups -OCH3 is 1. The number of rotatable bonds is 9. The van der Waals surface area contributed by atoms with Gasteiger partial charge in [0.1, 0.15) is 5.82 Å². The Labute approximate surface area is 167 Å². The normalized spacial score (nSPS) is 14.0. The van der Waals surface area contributed by atoms with Gasteiger partial charge in [0.25, 0.3) is 0 Å². The average Bonchev–Trinajstić information content (AvgIpc) is 2.63. The van der Waals surface area contributed by atoms with Crippen molar-refractivity contribution in [3.8, 4) is 22.6 Å². The minimum absolute atomic E-state index is 0.256. The highest BCUT2D eigenvalue weighted by molar-refractivity contribution is 5.79. The first-order valence-electron chi connectivity index (χ1n) is 9.86. The number of benzene rings is 1. The summed E-state index contributed by atoms with van der Waals surface area (Å²) >= 11 is 0. The van der Waals surface area contributed by atoms with Crippen molar-refractivity contribution >= 4 is 11.8 Å². The van der Waals surface area contributed by atoms with Crippen LogP contribution < -0.4 is 20.5 Å². The van der Waals surface area contributed by atoms with Gasteiger partial charge in [0, 0.05) is 25.2 Å². The Bertz CT molecular complexity index is 808. The number of hydrogen-bond donors (Lipinski definition) is 2.